The largest absolute Gasteiger partial charge is 0.464 e. The van der Waals surface area contributed by atoms with Gasteiger partial charge in [-0.1, -0.05) is 0 Å². The van der Waals surface area contributed by atoms with Crippen molar-refractivity contribution in [3.63, 3.8) is 0 Å². The van der Waals surface area contributed by atoms with Gasteiger partial charge < -0.3 is 4.74 Å². The van der Waals surface area contributed by atoms with Crippen LogP contribution in [0.25, 0.3) is 0 Å². The average molecular weight is 192 g/mol. The molecule has 0 spiro atoms. The number of esters is 1. The summed E-state index contributed by atoms with van der Waals surface area (Å²) in [7, 11) is 1.35. The van der Waals surface area contributed by atoms with E-state index in [9.17, 15) is 4.79 Å². The minimum Gasteiger partial charge on any atom is -0.464 e. The molecule has 0 fully saturated rings. The van der Waals surface area contributed by atoms with Gasteiger partial charge in [0.1, 0.15) is 0 Å². The summed E-state index contributed by atoms with van der Waals surface area (Å²) in [6.45, 7) is 0. The van der Waals surface area contributed by atoms with E-state index < -0.39 is 5.97 Å². The summed E-state index contributed by atoms with van der Waals surface area (Å²) in [5, 5.41) is 7.88. The van der Waals surface area contributed by atoms with E-state index in [4.69, 9.17) is 0 Å². The first-order valence-electron chi connectivity index (χ1n) is 4.75. The highest BCUT2D eigenvalue weighted by Gasteiger charge is 2.15. The molecule has 0 atom stereocenters. The zero-order valence-corrected chi connectivity index (χ0v) is 8.12. The van der Waals surface area contributed by atoms with Crippen LogP contribution in [0.4, 0.5) is 0 Å². The van der Waals surface area contributed by atoms with Gasteiger partial charge in [0, 0.05) is 0 Å². The molecule has 1 aromatic heterocycles. The Hall–Kier alpha value is -1.45. The van der Waals surface area contributed by atoms with Gasteiger partial charge in [0.15, 0.2) is 5.69 Å². The number of aromatic nitrogens is 2. The first-order chi connectivity index (χ1) is 6.81. The molecule has 0 saturated carbocycles. The number of nitrogens with zero attached hydrogens (tertiary/aromatic N) is 2. The van der Waals surface area contributed by atoms with E-state index >= 15 is 0 Å². The highest BCUT2D eigenvalue weighted by atomic mass is 16.5. The molecule has 1 heterocycles. The third-order valence-electron chi connectivity index (χ3n) is 2.46. The van der Waals surface area contributed by atoms with Crippen molar-refractivity contribution < 1.29 is 9.53 Å². The fourth-order valence-electron chi connectivity index (χ4n) is 1.69. The van der Waals surface area contributed by atoms with E-state index in [0.717, 1.165) is 24.1 Å². The number of rotatable bonds is 1. The minimum absolute atomic E-state index is 0.313. The number of fused-ring (bicyclic) bond motifs is 1. The quantitative estimate of drug-likeness (QED) is 0.626. The van der Waals surface area contributed by atoms with Gasteiger partial charge in [-0.2, -0.15) is 5.10 Å². The van der Waals surface area contributed by atoms with Crippen molar-refractivity contribution in [2.75, 3.05) is 7.11 Å². The van der Waals surface area contributed by atoms with Gasteiger partial charge in [0.2, 0.25) is 0 Å². The van der Waals surface area contributed by atoms with Crippen LogP contribution < -0.4 is 0 Å². The first-order valence-corrected chi connectivity index (χ1v) is 4.75. The summed E-state index contributed by atoms with van der Waals surface area (Å²) < 4.78 is 4.59. The molecular formula is C10H12N2O2. The van der Waals surface area contributed by atoms with Crippen LogP contribution in [0.5, 0.6) is 0 Å². The Labute approximate surface area is 82.3 Å². The average Bonchev–Trinajstić information content (AvgIpc) is 2.27. The molecule has 0 unspecified atom stereocenters. The van der Waals surface area contributed by atoms with Crippen molar-refractivity contribution in [3.8, 4) is 0 Å². The number of carbonyl (C=O) groups is 1. The van der Waals surface area contributed by atoms with Gasteiger partial charge in [-0.05, 0) is 37.3 Å². The van der Waals surface area contributed by atoms with Crippen LogP contribution in [0.3, 0.4) is 0 Å². The standard InChI is InChI=1S/C10H12N2O2/c1-14-10(13)9-6-7-4-2-3-5-8(7)11-12-9/h6H,2-5H2,1H3. The zero-order chi connectivity index (χ0) is 9.97. The fourth-order valence-corrected chi connectivity index (χ4v) is 1.69. The van der Waals surface area contributed by atoms with Crippen LogP contribution in [0.15, 0.2) is 6.07 Å². The third kappa shape index (κ3) is 1.60. The lowest BCUT2D eigenvalue weighted by Gasteiger charge is -2.13. The van der Waals surface area contributed by atoms with E-state index in [1.807, 2.05) is 0 Å². The van der Waals surface area contributed by atoms with Gasteiger partial charge in [-0.15, -0.1) is 5.10 Å². The Balaban J connectivity index is 2.33. The van der Waals surface area contributed by atoms with E-state index in [-0.39, 0.29) is 0 Å². The fraction of sp³-hybridized carbons (Fsp3) is 0.500. The highest BCUT2D eigenvalue weighted by Crippen LogP contribution is 2.18. The molecule has 1 aliphatic carbocycles. The number of ether oxygens (including phenoxy) is 1. The number of hydrogen-bond acceptors (Lipinski definition) is 4. The van der Waals surface area contributed by atoms with Crippen LogP contribution in [-0.4, -0.2) is 23.3 Å². The van der Waals surface area contributed by atoms with Crippen molar-refractivity contribution in [1.82, 2.24) is 10.2 Å². The highest BCUT2D eigenvalue weighted by molar-refractivity contribution is 5.87. The predicted molar refractivity (Wildman–Crippen MR) is 50.0 cm³/mol. The smallest absolute Gasteiger partial charge is 0.358 e. The normalized spacial score (nSPS) is 14.6. The lowest BCUT2D eigenvalue weighted by molar-refractivity contribution is 0.0592. The number of methoxy groups -OCH3 is 1. The van der Waals surface area contributed by atoms with Gasteiger partial charge >= 0.3 is 5.97 Å². The number of hydrogen-bond donors (Lipinski definition) is 0. The maximum absolute atomic E-state index is 11.2. The molecule has 14 heavy (non-hydrogen) atoms. The summed E-state index contributed by atoms with van der Waals surface area (Å²) in [6.07, 6.45) is 4.30. The first kappa shape index (κ1) is 9.12. The van der Waals surface area contributed by atoms with Crippen LogP contribution in [-0.2, 0) is 17.6 Å². The van der Waals surface area contributed by atoms with Crippen LogP contribution in [0.1, 0.15) is 34.6 Å². The lowest BCUT2D eigenvalue weighted by atomic mass is 9.96. The van der Waals surface area contributed by atoms with E-state index in [1.54, 1.807) is 6.07 Å². The Morgan fingerprint density at radius 3 is 2.93 bits per heavy atom. The van der Waals surface area contributed by atoms with Crippen molar-refractivity contribution in [2.24, 2.45) is 0 Å². The molecule has 2 rings (SSSR count). The maximum Gasteiger partial charge on any atom is 0.358 e. The molecule has 0 aliphatic heterocycles. The van der Waals surface area contributed by atoms with Crippen molar-refractivity contribution in [2.45, 2.75) is 25.7 Å². The second kappa shape index (κ2) is 3.74. The molecule has 0 amide bonds. The molecular weight excluding hydrogens is 180 g/mol. The second-order valence-electron chi connectivity index (χ2n) is 3.40. The summed E-state index contributed by atoms with van der Waals surface area (Å²) in [5.41, 5.74) is 2.49. The van der Waals surface area contributed by atoms with Gasteiger partial charge in [-0.25, -0.2) is 4.79 Å². The maximum atomic E-state index is 11.2. The van der Waals surface area contributed by atoms with Crippen LogP contribution in [0.2, 0.25) is 0 Å². The molecule has 0 saturated heterocycles. The molecule has 4 nitrogen and oxygen atoms in total. The molecule has 0 bridgehead atoms. The van der Waals surface area contributed by atoms with E-state index in [1.165, 1.54) is 20.0 Å². The lowest BCUT2D eigenvalue weighted by Crippen LogP contribution is -2.12. The van der Waals surface area contributed by atoms with Crippen LogP contribution in [0, 0.1) is 0 Å². The molecule has 4 heteroatoms. The topological polar surface area (TPSA) is 52.1 Å². The Bertz CT molecular complexity index is 363. The molecule has 0 radical (unpaired) electrons. The van der Waals surface area contributed by atoms with Crippen molar-refractivity contribution >= 4 is 5.97 Å². The summed E-state index contributed by atoms with van der Waals surface area (Å²) in [6, 6.07) is 1.80. The number of aryl methyl sites for hydroxylation is 2. The summed E-state index contributed by atoms with van der Waals surface area (Å²) in [4.78, 5) is 11.2. The predicted octanol–water partition coefficient (Wildman–Crippen LogP) is 1.14. The van der Waals surface area contributed by atoms with Crippen molar-refractivity contribution in [1.29, 1.82) is 0 Å². The van der Waals surface area contributed by atoms with E-state index in [2.05, 4.69) is 14.9 Å². The van der Waals surface area contributed by atoms with E-state index in [0.29, 0.717) is 5.69 Å². The number of carbonyl (C=O) groups excluding carboxylic acids is 1. The SMILES string of the molecule is COC(=O)c1cc2c(nn1)CCCC2. The third-order valence-corrected chi connectivity index (χ3v) is 2.46. The Kier molecular flexibility index (Phi) is 2.43. The van der Waals surface area contributed by atoms with Gasteiger partial charge in [-0.3, -0.25) is 0 Å². The molecule has 74 valence electrons. The minimum atomic E-state index is -0.411. The van der Waals surface area contributed by atoms with Crippen molar-refractivity contribution in [3.05, 3.63) is 23.0 Å². The molecule has 1 aliphatic rings. The van der Waals surface area contributed by atoms with Gasteiger partial charge in [0.25, 0.3) is 0 Å². The summed E-state index contributed by atoms with van der Waals surface area (Å²) >= 11 is 0. The summed E-state index contributed by atoms with van der Waals surface area (Å²) in [5.74, 6) is -0.411. The Morgan fingerprint density at radius 2 is 2.14 bits per heavy atom. The van der Waals surface area contributed by atoms with Gasteiger partial charge in [0.05, 0.1) is 12.8 Å². The molecule has 1 aromatic rings. The van der Waals surface area contributed by atoms with Crippen LogP contribution >= 0.6 is 0 Å². The molecule has 0 aromatic carbocycles. The monoisotopic (exact) mass is 192 g/mol. The Morgan fingerprint density at radius 1 is 1.36 bits per heavy atom. The zero-order valence-electron chi connectivity index (χ0n) is 8.12. The molecule has 0 N–H and O–H groups in total. The second-order valence-corrected chi connectivity index (χ2v) is 3.40.